The first-order chi connectivity index (χ1) is 13.7. The lowest BCUT2D eigenvalue weighted by Gasteiger charge is -2.41. The van der Waals surface area contributed by atoms with Crippen LogP contribution in [0.5, 0.6) is 0 Å². The van der Waals surface area contributed by atoms with Gasteiger partial charge in [0.05, 0.1) is 17.9 Å². The van der Waals surface area contributed by atoms with Gasteiger partial charge >= 0.3 is 6.03 Å². The molecule has 2 atom stereocenters. The zero-order chi connectivity index (χ0) is 19.1. The quantitative estimate of drug-likeness (QED) is 0.715. The number of urea groups is 1. The molecule has 4 aliphatic rings. The van der Waals surface area contributed by atoms with E-state index in [1.807, 2.05) is 12.2 Å². The van der Waals surface area contributed by atoms with E-state index in [0.717, 1.165) is 38.0 Å². The Balaban J connectivity index is 1.37. The van der Waals surface area contributed by atoms with Gasteiger partial charge in [-0.1, -0.05) is 6.08 Å². The summed E-state index contributed by atoms with van der Waals surface area (Å²) >= 11 is 0. The first-order valence-corrected chi connectivity index (χ1v) is 9.79. The van der Waals surface area contributed by atoms with Gasteiger partial charge in [-0.3, -0.25) is 20.0 Å². The molecule has 1 unspecified atom stereocenters. The van der Waals surface area contributed by atoms with Crippen molar-refractivity contribution in [2.75, 3.05) is 18.4 Å². The third-order valence-corrected chi connectivity index (χ3v) is 5.84. The summed E-state index contributed by atoms with van der Waals surface area (Å²) in [5.74, 6) is 1.04. The lowest BCUT2D eigenvalue weighted by Crippen LogP contribution is -2.57. The van der Waals surface area contributed by atoms with Crippen LogP contribution in [0.4, 0.5) is 10.6 Å². The van der Waals surface area contributed by atoms with Gasteiger partial charge in [-0.2, -0.15) is 0 Å². The molecule has 28 heavy (non-hydrogen) atoms. The number of fused-ring (bicyclic) bond motifs is 3. The zero-order valence-electron chi connectivity index (χ0n) is 15.5. The predicted octanol–water partition coefficient (Wildman–Crippen LogP) is 0.764. The number of nitrogens with zero attached hydrogens (tertiary/aromatic N) is 4. The Morgan fingerprint density at radius 2 is 2.11 bits per heavy atom. The number of anilines is 1. The van der Waals surface area contributed by atoms with Gasteiger partial charge in [0.25, 0.3) is 0 Å². The van der Waals surface area contributed by atoms with Crippen molar-refractivity contribution in [3.8, 4) is 0 Å². The molecule has 3 amide bonds. The number of aromatic nitrogens is 2. The number of dihydropyridines is 1. The predicted molar refractivity (Wildman–Crippen MR) is 102 cm³/mol. The van der Waals surface area contributed by atoms with E-state index >= 15 is 0 Å². The van der Waals surface area contributed by atoms with Gasteiger partial charge in [0.15, 0.2) is 5.82 Å². The van der Waals surface area contributed by atoms with E-state index in [1.54, 1.807) is 11.1 Å². The number of hydrogen-bond donors (Lipinski definition) is 3. The molecule has 1 aliphatic carbocycles. The van der Waals surface area contributed by atoms with Crippen molar-refractivity contribution in [2.24, 2.45) is 0 Å². The van der Waals surface area contributed by atoms with Crippen LogP contribution in [0.1, 0.15) is 25.7 Å². The molecule has 2 fully saturated rings. The molecule has 5 rings (SSSR count). The van der Waals surface area contributed by atoms with Crippen molar-refractivity contribution in [1.29, 1.82) is 0 Å². The van der Waals surface area contributed by atoms with Crippen LogP contribution >= 0.6 is 0 Å². The van der Waals surface area contributed by atoms with Crippen molar-refractivity contribution in [1.82, 2.24) is 30.4 Å². The van der Waals surface area contributed by atoms with Gasteiger partial charge in [0.2, 0.25) is 5.91 Å². The summed E-state index contributed by atoms with van der Waals surface area (Å²) in [4.78, 5) is 37.8. The Morgan fingerprint density at radius 1 is 1.21 bits per heavy atom. The molecule has 1 aromatic heterocycles. The zero-order valence-corrected chi connectivity index (χ0v) is 15.5. The molecule has 1 saturated carbocycles. The van der Waals surface area contributed by atoms with Crippen molar-refractivity contribution >= 4 is 17.8 Å². The van der Waals surface area contributed by atoms with Crippen LogP contribution in [0.25, 0.3) is 0 Å². The van der Waals surface area contributed by atoms with Crippen LogP contribution in [-0.2, 0) is 4.79 Å². The molecule has 2 bridgehead atoms. The Kier molecular flexibility index (Phi) is 4.14. The van der Waals surface area contributed by atoms with E-state index in [0.29, 0.717) is 11.6 Å². The summed E-state index contributed by atoms with van der Waals surface area (Å²) < 4.78 is 0. The van der Waals surface area contributed by atoms with Gasteiger partial charge < -0.3 is 15.5 Å². The minimum Gasteiger partial charge on any atom is -0.366 e. The maximum atomic E-state index is 13.0. The molecule has 4 heterocycles. The van der Waals surface area contributed by atoms with Gasteiger partial charge in [0, 0.05) is 31.5 Å². The number of amides is 3. The third kappa shape index (κ3) is 2.96. The maximum absolute atomic E-state index is 13.0. The van der Waals surface area contributed by atoms with Crippen molar-refractivity contribution in [3.05, 3.63) is 42.3 Å². The highest BCUT2D eigenvalue weighted by Gasteiger charge is 2.42. The van der Waals surface area contributed by atoms with Crippen LogP contribution in [0.15, 0.2) is 42.3 Å². The molecule has 146 valence electrons. The van der Waals surface area contributed by atoms with E-state index in [9.17, 15) is 9.59 Å². The molecular formula is C19H23N7O2. The van der Waals surface area contributed by atoms with Crippen LogP contribution in [-0.4, -0.2) is 62.9 Å². The second-order valence-corrected chi connectivity index (χ2v) is 7.63. The standard InChI is InChI=1S/C19H23N7O2/c27-18(22-12-2-1-3-12)14-4-5-15-17(23-14)26(13-6-9-25(15)11-13)19(28)24-16-10-20-7-8-21-16/h4-5,7-8,10,12-14,23H,1-3,6,9,11H2,(H,22,27)(H,21,24,28)/t13-,14?/m0/s1. The molecular weight excluding hydrogens is 358 g/mol. The second kappa shape index (κ2) is 6.81. The van der Waals surface area contributed by atoms with Gasteiger partial charge in [-0.05, 0) is 31.8 Å². The van der Waals surface area contributed by atoms with E-state index in [4.69, 9.17) is 0 Å². The van der Waals surface area contributed by atoms with Crippen LogP contribution < -0.4 is 16.0 Å². The highest BCUT2D eigenvalue weighted by molar-refractivity contribution is 5.91. The fourth-order valence-electron chi connectivity index (χ4n) is 4.14. The minimum absolute atomic E-state index is 0.0466. The molecule has 0 radical (unpaired) electrons. The Morgan fingerprint density at radius 3 is 2.86 bits per heavy atom. The van der Waals surface area contributed by atoms with Crippen LogP contribution in [0.2, 0.25) is 0 Å². The molecule has 0 spiro atoms. The van der Waals surface area contributed by atoms with Crippen molar-refractivity contribution in [2.45, 2.75) is 43.8 Å². The Labute approximate surface area is 162 Å². The van der Waals surface area contributed by atoms with Crippen molar-refractivity contribution < 1.29 is 9.59 Å². The van der Waals surface area contributed by atoms with Crippen molar-refractivity contribution in [3.63, 3.8) is 0 Å². The van der Waals surface area contributed by atoms with Crippen LogP contribution in [0, 0.1) is 0 Å². The summed E-state index contributed by atoms with van der Waals surface area (Å²) in [6.07, 6.45) is 12.6. The fourth-order valence-corrected chi connectivity index (χ4v) is 4.14. The monoisotopic (exact) mass is 381 g/mol. The van der Waals surface area contributed by atoms with Gasteiger partial charge in [-0.15, -0.1) is 0 Å². The minimum atomic E-state index is -0.482. The smallest absolute Gasteiger partial charge is 0.329 e. The number of allylic oxidation sites excluding steroid dienone is 1. The molecule has 1 saturated heterocycles. The summed E-state index contributed by atoms with van der Waals surface area (Å²) in [5.41, 5.74) is 0.954. The normalized spacial score (nSPS) is 25.7. The topological polar surface area (TPSA) is 102 Å². The Hall–Kier alpha value is -3.10. The lowest BCUT2D eigenvalue weighted by atomic mass is 9.93. The number of nitrogens with one attached hydrogen (secondary N) is 3. The summed E-state index contributed by atoms with van der Waals surface area (Å²) in [7, 11) is 0. The van der Waals surface area contributed by atoms with E-state index in [1.165, 1.54) is 18.8 Å². The molecule has 3 N–H and O–H groups in total. The first-order valence-electron chi connectivity index (χ1n) is 9.79. The van der Waals surface area contributed by atoms with E-state index < -0.39 is 6.04 Å². The average molecular weight is 381 g/mol. The molecule has 1 aromatic rings. The molecule has 9 heteroatoms. The summed E-state index contributed by atoms with van der Waals surface area (Å²) in [6.45, 7) is 1.68. The highest BCUT2D eigenvalue weighted by Crippen LogP contribution is 2.33. The highest BCUT2D eigenvalue weighted by atomic mass is 16.2. The van der Waals surface area contributed by atoms with E-state index in [-0.39, 0.29) is 24.0 Å². The van der Waals surface area contributed by atoms with Gasteiger partial charge in [-0.25, -0.2) is 9.78 Å². The lowest BCUT2D eigenvalue weighted by molar-refractivity contribution is -0.123. The fraction of sp³-hybridized carbons (Fsp3) is 0.474. The van der Waals surface area contributed by atoms with Gasteiger partial charge in [0.1, 0.15) is 11.9 Å². The third-order valence-electron chi connectivity index (χ3n) is 5.84. The Bertz CT molecular complexity index is 849. The maximum Gasteiger partial charge on any atom is 0.329 e. The molecule has 0 aromatic carbocycles. The number of carbonyl (C=O) groups excluding carboxylic acids is 2. The van der Waals surface area contributed by atoms with E-state index in [2.05, 4.69) is 30.8 Å². The number of hydrogen-bond acceptors (Lipinski definition) is 6. The number of rotatable bonds is 3. The molecule has 3 aliphatic heterocycles. The second-order valence-electron chi connectivity index (χ2n) is 7.63. The summed E-state index contributed by atoms with van der Waals surface area (Å²) in [6, 6.07) is -0.407. The SMILES string of the molecule is O=C(NC1CCC1)C1C=CC2=C(N1)N(C(=O)Nc1cnccn1)[C@H]1CCN2C1. The molecule has 9 nitrogen and oxygen atoms in total. The summed E-state index contributed by atoms with van der Waals surface area (Å²) in [5, 5.41) is 9.19. The average Bonchev–Trinajstić information content (AvgIpc) is 3.09. The first kappa shape index (κ1) is 17.0. The number of carbonyl (C=O) groups is 2. The largest absolute Gasteiger partial charge is 0.366 e. The van der Waals surface area contributed by atoms with Crippen LogP contribution in [0.3, 0.4) is 0 Å².